The number of nitrogens with one attached hydrogen (secondary N) is 2. The van der Waals surface area contributed by atoms with Crippen LogP contribution in [-0.4, -0.2) is 49.9 Å². The number of nitrogens with zero attached hydrogens (tertiary/aromatic N) is 1. The third kappa shape index (κ3) is 7.68. The first-order valence-corrected chi connectivity index (χ1v) is 12.3. The molecule has 5 nitrogen and oxygen atoms in total. The normalized spacial score (nSPS) is 13.8. The highest BCUT2D eigenvalue weighted by molar-refractivity contribution is 7.99. The molecule has 0 saturated carbocycles. The van der Waals surface area contributed by atoms with Crippen LogP contribution in [0.15, 0.2) is 84.9 Å². The molecule has 2 N–H and O–H groups in total. The van der Waals surface area contributed by atoms with Crippen molar-refractivity contribution >= 4 is 35.3 Å². The number of hydrogen-bond donors (Lipinski definition) is 2. The summed E-state index contributed by atoms with van der Waals surface area (Å²) in [6.45, 7) is 2.34. The fourth-order valence-electron chi connectivity index (χ4n) is 3.61. The molecule has 1 fully saturated rings. The van der Waals surface area contributed by atoms with E-state index in [4.69, 9.17) is 0 Å². The molecule has 3 aromatic carbocycles. The van der Waals surface area contributed by atoms with Gasteiger partial charge in [0.1, 0.15) is 6.29 Å². The standard InChI is InChI=1S/C16H15NO2.C11H16N2S/c18-12-15(11-13-7-3-1-4-8-13)17-16(19)14-9-5-2-6-10-14;1-12-10-4-2-3-5-11(10)13-6-8-14-9-7-13/h1-10,12,15H,11H2,(H,17,19);2-5,12H,6-9H2,1H3. The monoisotopic (exact) mass is 461 g/mol. The van der Waals surface area contributed by atoms with E-state index in [9.17, 15) is 9.59 Å². The van der Waals surface area contributed by atoms with E-state index in [-0.39, 0.29) is 5.91 Å². The Bertz CT molecular complexity index is 993. The molecule has 1 saturated heterocycles. The highest BCUT2D eigenvalue weighted by Crippen LogP contribution is 2.27. The van der Waals surface area contributed by atoms with Crippen molar-refractivity contribution in [3.63, 3.8) is 0 Å². The van der Waals surface area contributed by atoms with Crippen LogP contribution in [-0.2, 0) is 11.2 Å². The predicted octanol–water partition coefficient (Wildman–Crippen LogP) is 4.51. The maximum absolute atomic E-state index is 11.9. The lowest BCUT2D eigenvalue weighted by Gasteiger charge is -2.30. The Hall–Kier alpha value is -3.25. The van der Waals surface area contributed by atoms with Gasteiger partial charge in [0.25, 0.3) is 5.91 Å². The molecule has 1 heterocycles. The molecule has 1 aliphatic rings. The fourth-order valence-corrected chi connectivity index (χ4v) is 4.51. The van der Waals surface area contributed by atoms with E-state index in [2.05, 4.69) is 39.8 Å². The third-order valence-electron chi connectivity index (χ3n) is 5.34. The number of carbonyl (C=O) groups excluding carboxylic acids is 2. The zero-order valence-electron chi connectivity index (χ0n) is 18.9. The largest absolute Gasteiger partial charge is 0.386 e. The smallest absolute Gasteiger partial charge is 0.251 e. The lowest BCUT2D eigenvalue weighted by atomic mass is 10.1. The first-order chi connectivity index (χ1) is 16.2. The van der Waals surface area contributed by atoms with E-state index < -0.39 is 6.04 Å². The average Bonchev–Trinajstić information content (AvgIpc) is 2.90. The third-order valence-corrected chi connectivity index (χ3v) is 6.28. The minimum absolute atomic E-state index is 0.228. The summed E-state index contributed by atoms with van der Waals surface area (Å²) in [5.74, 6) is 2.27. The molecular weight excluding hydrogens is 430 g/mol. The Morgan fingerprint density at radius 1 is 0.939 bits per heavy atom. The molecule has 0 spiro atoms. The molecule has 0 aliphatic carbocycles. The van der Waals surface area contributed by atoms with Crippen molar-refractivity contribution in [1.82, 2.24) is 5.32 Å². The van der Waals surface area contributed by atoms with E-state index in [1.807, 2.05) is 55.2 Å². The molecule has 1 amide bonds. The van der Waals surface area contributed by atoms with Crippen molar-refractivity contribution in [2.24, 2.45) is 0 Å². The maximum Gasteiger partial charge on any atom is 0.251 e. The van der Waals surface area contributed by atoms with E-state index >= 15 is 0 Å². The zero-order valence-corrected chi connectivity index (χ0v) is 19.8. The van der Waals surface area contributed by atoms with Crippen LogP contribution in [0, 0.1) is 0 Å². The van der Waals surface area contributed by atoms with Gasteiger partial charge in [-0.15, -0.1) is 0 Å². The zero-order chi connectivity index (χ0) is 23.3. The van der Waals surface area contributed by atoms with Crippen molar-refractivity contribution in [3.05, 3.63) is 96.1 Å². The second-order valence-corrected chi connectivity index (χ2v) is 8.86. The summed E-state index contributed by atoms with van der Waals surface area (Å²) in [5, 5.41) is 5.97. The first-order valence-electron chi connectivity index (χ1n) is 11.2. The summed E-state index contributed by atoms with van der Waals surface area (Å²) in [4.78, 5) is 25.5. The number of benzene rings is 3. The van der Waals surface area contributed by atoms with E-state index in [0.717, 1.165) is 11.8 Å². The van der Waals surface area contributed by atoms with Crippen molar-refractivity contribution < 1.29 is 9.59 Å². The number of para-hydroxylation sites is 2. The van der Waals surface area contributed by atoms with Crippen LogP contribution in [0.2, 0.25) is 0 Å². The van der Waals surface area contributed by atoms with Crippen LogP contribution < -0.4 is 15.5 Å². The van der Waals surface area contributed by atoms with E-state index in [1.54, 1.807) is 24.3 Å². The van der Waals surface area contributed by atoms with E-state index in [0.29, 0.717) is 12.0 Å². The number of anilines is 2. The number of amides is 1. The molecule has 1 aliphatic heterocycles. The molecule has 3 aromatic rings. The first kappa shape index (κ1) is 24.4. The minimum Gasteiger partial charge on any atom is -0.386 e. The Balaban J connectivity index is 0.000000194. The van der Waals surface area contributed by atoms with Crippen LogP contribution >= 0.6 is 11.8 Å². The summed E-state index contributed by atoms with van der Waals surface area (Å²) in [7, 11) is 1.98. The highest BCUT2D eigenvalue weighted by atomic mass is 32.2. The van der Waals surface area contributed by atoms with Gasteiger partial charge < -0.3 is 20.3 Å². The molecule has 0 aromatic heterocycles. The highest BCUT2D eigenvalue weighted by Gasteiger charge is 2.14. The Labute approximate surface area is 200 Å². The van der Waals surface area contributed by atoms with Crippen molar-refractivity contribution in [3.8, 4) is 0 Å². The van der Waals surface area contributed by atoms with Crippen LogP contribution in [0.1, 0.15) is 15.9 Å². The van der Waals surface area contributed by atoms with Crippen molar-refractivity contribution in [1.29, 1.82) is 0 Å². The van der Waals surface area contributed by atoms with Gasteiger partial charge in [-0.05, 0) is 36.2 Å². The number of hydrogen-bond acceptors (Lipinski definition) is 5. The number of aldehydes is 1. The molecule has 6 heteroatoms. The lowest BCUT2D eigenvalue weighted by molar-refractivity contribution is -0.109. The number of carbonyl (C=O) groups is 2. The van der Waals surface area contributed by atoms with Gasteiger partial charge in [0, 0.05) is 37.2 Å². The summed E-state index contributed by atoms with van der Waals surface area (Å²) in [6.07, 6.45) is 1.27. The summed E-state index contributed by atoms with van der Waals surface area (Å²) >= 11 is 2.04. The predicted molar refractivity (Wildman–Crippen MR) is 139 cm³/mol. The van der Waals surface area contributed by atoms with Crippen molar-refractivity contribution in [2.45, 2.75) is 12.5 Å². The molecule has 33 heavy (non-hydrogen) atoms. The summed E-state index contributed by atoms with van der Waals surface area (Å²) in [5.41, 5.74) is 4.16. The second-order valence-electron chi connectivity index (χ2n) is 7.64. The average molecular weight is 462 g/mol. The lowest BCUT2D eigenvalue weighted by Crippen LogP contribution is -2.37. The molecule has 0 radical (unpaired) electrons. The van der Waals surface area contributed by atoms with Crippen LogP contribution in [0.3, 0.4) is 0 Å². The second kappa shape index (κ2) is 13.3. The molecule has 0 bridgehead atoms. The van der Waals surface area contributed by atoms with Gasteiger partial charge in [-0.25, -0.2) is 0 Å². The molecule has 1 atom stereocenters. The molecular formula is C27H31N3O2S. The SMILES string of the molecule is CNc1ccccc1N1CCSCC1.O=CC(Cc1ccccc1)NC(=O)c1ccccc1. The maximum atomic E-state index is 11.9. The minimum atomic E-state index is -0.505. The van der Waals surface area contributed by atoms with Gasteiger partial charge in [-0.3, -0.25) is 4.79 Å². The van der Waals surface area contributed by atoms with Gasteiger partial charge in [-0.1, -0.05) is 60.7 Å². The summed E-state index contributed by atoms with van der Waals surface area (Å²) < 4.78 is 0. The number of rotatable bonds is 7. The summed E-state index contributed by atoms with van der Waals surface area (Å²) in [6, 6.07) is 26.5. The van der Waals surface area contributed by atoms with Crippen molar-refractivity contribution in [2.75, 3.05) is 41.9 Å². The Kier molecular flexibility index (Phi) is 9.86. The van der Waals surface area contributed by atoms with Gasteiger partial charge in [0.2, 0.25) is 0 Å². The van der Waals surface area contributed by atoms with Gasteiger partial charge in [-0.2, -0.15) is 11.8 Å². The topological polar surface area (TPSA) is 61.4 Å². The number of thioether (sulfide) groups is 1. The molecule has 1 unspecified atom stereocenters. The van der Waals surface area contributed by atoms with Crippen LogP contribution in [0.25, 0.3) is 0 Å². The Morgan fingerprint density at radius 2 is 1.55 bits per heavy atom. The quantitative estimate of drug-likeness (QED) is 0.507. The van der Waals surface area contributed by atoms with Crippen LogP contribution in [0.5, 0.6) is 0 Å². The molecule has 172 valence electrons. The Morgan fingerprint density at radius 3 is 2.18 bits per heavy atom. The van der Waals surface area contributed by atoms with Gasteiger partial charge in [0.05, 0.1) is 17.4 Å². The molecule has 4 rings (SSSR count). The van der Waals surface area contributed by atoms with Gasteiger partial charge >= 0.3 is 0 Å². The van der Waals surface area contributed by atoms with Crippen LogP contribution in [0.4, 0.5) is 11.4 Å². The van der Waals surface area contributed by atoms with Gasteiger partial charge in [0.15, 0.2) is 0 Å². The fraction of sp³-hybridized carbons (Fsp3) is 0.259. The van der Waals surface area contributed by atoms with E-state index in [1.165, 1.54) is 36.0 Å².